The summed E-state index contributed by atoms with van der Waals surface area (Å²) >= 11 is 0. The zero-order chi connectivity index (χ0) is 22.0. The van der Waals surface area contributed by atoms with E-state index in [1.165, 1.54) is 154 Å². The fraction of sp³-hybridized carbons (Fsp3) is 0.933. The van der Waals surface area contributed by atoms with Crippen molar-refractivity contribution in [2.45, 2.75) is 175 Å². The van der Waals surface area contributed by atoms with Crippen LogP contribution in [0.1, 0.15) is 175 Å². The molecule has 0 bridgehead atoms. The second-order valence-corrected chi connectivity index (χ2v) is 10.1. The minimum Gasteiger partial charge on any atom is -0.0885 e. The van der Waals surface area contributed by atoms with Gasteiger partial charge in [0.15, 0.2) is 0 Å². The SMILES string of the molecule is CCCCCCCCCCCCCCCCCCCCCC=CC[C@H](C)CCCC. The maximum absolute atomic E-state index is 2.44. The molecule has 0 saturated heterocycles. The molecule has 0 N–H and O–H groups in total. The molecule has 1 atom stereocenters. The molecule has 0 heterocycles. The third-order valence-corrected chi connectivity index (χ3v) is 6.73. The highest BCUT2D eigenvalue weighted by Gasteiger charge is 1.98. The Balaban J connectivity index is 3.09. The Morgan fingerprint density at radius 2 is 0.800 bits per heavy atom. The van der Waals surface area contributed by atoms with E-state index in [0.29, 0.717) is 0 Å². The smallest absolute Gasteiger partial charge is 0.0325 e. The van der Waals surface area contributed by atoms with Gasteiger partial charge in [0.1, 0.15) is 0 Å². The summed E-state index contributed by atoms with van der Waals surface area (Å²) < 4.78 is 0. The minimum absolute atomic E-state index is 0.881. The van der Waals surface area contributed by atoms with Gasteiger partial charge in [-0.2, -0.15) is 0 Å². The highest BCUT2D eigenvalue weighted by atomic mass is 14.0. The van der Waals surface area contributed by atoms with Gasteiger partial charge in [-0.1, -0.05) is 168 Å². The van der Waals surface area contributed by atoms with E-state index in [-0.39, 0.29) is 0 Å². The molecule has 0 unspecified atom stereocenters. The summed E-state index contributed by atoms with van der Waals surface area (Å²) in [4.78, 5) is 0. The lowest BCUT2D eigenvalue weighted by molar-refractivity contribution is 0.511. The first-order valence-electron chi connectivity index (χ1n) is 14.5. The third kappa shape index (κ3) is 25.8. The molecule has 0 saturated carbocycles. The van der Waals surface area contributed by atoms with E-state index in [4.69, 9.17) is 0 Å². The van der Waals surface area contributed by atoms with Gasteiger partial charge in [0.25, 0.3) is 0 Å². The van der Waals surface area contributed by atoms with E-state index in [1.54, 1.807) is 0 Å². The minimum atomic E-state index is 0.881. The van der Waals surface area contributed by atoms with Crippen LogP contribution in [0.25, 0.3) is 0 Å². The Labute approximate surface area is 193 Å². The van der Waals surface area contributed by atoms with Crippen molar-refractivity contribution in [2.24, 2.45) is 5.92 Å². The highest BCUT2D eigenvalue weighted by molar-refractivity contribution is 4.83. The van der Waals surface area contributed by atoms with Crippen LogP contribution >= 0.6 is 0 Å². The molecule has 0 fully saturated rings. The summed E-state index contributed by atoms with van der Waals surface area (Å²) in [5.74, 6) is 0.881. The van der Waals surface area contributed by atoms with Crippen LogP contribution in [0.15, 0.2) is 12.2 Å². The number of hydrogen-bond donors (Lipinski definition) is 0. The first kappa shape index (κ1) is 29.7. The van der Waals surface area contributed by atoms with Crippen LogP contribution in [0.4, 0.5) is 0 Å². The quantitative estimate of drug-likeness (QED) is 0.102. The van der Waals surface area contributed by atoms with Gasteiger partial charge in [-0.15, -0.1) is 0 Å². The van der Waals surface area contributed by atoms with Crippen LogP contribution < -0.4 is 0 Å². The summed E-state index contributed by atoms with van der Waals surface area (Å²) in [6.45, 7) is 7.00. The zero-order valence-corrected chi connectivity index (χ0v) is 21.7. The van der Waals surface area contributed by atoms with Crippen molar-refractivity contribution in [1.29, 1.82) is 0 Å². The average molecular weight is 421 g/mol. The van der Waals surface area contributed by atoms with Crippen molar-refractivity contribution < 1.29 is 0 Å². The van der Waals surface area contributed by atoms with E-state index < -0.39 is 0 Å². The Kier molecular flexibility index (Phi) is 26.5. The van der Waals surface area contributed by atoms with Gasteiger partial charge in [-0.25, -0.2) is 0 Å². The molecule has 180 valence electrons. The van der Waals surface area contributed by atoms with Crippen LogP contribution in [0.3, 0.4) is 0 Å². The van der Waals surface area contributed by atoms with Crippen LogP contribution in [-0.4, -0.2) is 0 Å². The van der Waals surface area contributed by atoms with Gasteiger partial charge in [-0.3, -0.25) is 0 Å². The van der Waals surface area contributed by atoms with Crippen LogP contribution in [0, 0.1) is 5.92 Å². The Morgan fingerprint density at radius 1 is 0.433 bits per heavy atom. The van der Waals surface area contributed by atoms with Crippen molar-refractivity contribution in [2.75, 3.05) is 0 Å². The van der Waals surface area contributed by atoms with Gasteiger partial charge in [-0.05, 0) is 25.2 Å². The molecule has 0 spiro atoms. The van der Waals surface area contributed by atoms with Gasteiger partial charge < -0.3 is 0 Å². The van der Waals surface area contributed by atoms with Crippen LogP contribution in [-0.2, 0) is 0 Å². The van der Waals surface area contributed by atoms with Crippen molar-refractivity contribution >= 4 is 0 Å². The monoisotopic (exact) mass is 420 g/mol. The maximum Gasteiger partial charge on any atom is -0.0325 e. The predicted octanol–water partition coefficient (Wildman–Crippen LogP) is 11.6. The summed E-state index contributed by atoms with van der Waals surface area (Å²) in [5.41, 5.74) is 0. The lowest BCUT2D eigenvalue weighted by Crippen LogP contribution is -1.91. The second-order valence-electron chi connectivity index (χ2n) is 10.1. The number of allylic oxidation sites excluding steroid dienone is 2. The largest absolute Gasteiger partial charge is 0.0885 e. The zero-order valence-electron chi connectivity index (χ0n) is 21.7. The summed E-state index contributed by atoms with van der Waals surface area (Å²) in [6.07, 6.45) is 39.5. The van der Waals surface area contributed by atoms with E-state index in [0.717, 1.165) is 5.92 Å². The van der Waals surface area contributed by atoms with E-state index in [1.807, 2.05) is 0 Å². The molecule has 0 rings (SSSR count). The van der Waals surface area contributed by atoms with Crippen LogP contribution in [0.2, 0.25) is 0 Å². The molecule has 30 heavy (non-hydrogen) atoms. The summed E-state index contributed by atoms with van der Waals surface area (Å²) in [5, 5.41) is 0. The summed E-state index contributed by atoms with van der Waals surface area (Å²) in [7, 11) is 0. The van der Waals surface area contributed by atoms with Gasteiger partial charge in [0.05, 0.1) is 0 Å². The molecule has 0 heteroatoms. The molecule has 0 aromatic rings. The van der Waals surface area contributed by atoms with E-state index in [9.17, 15) is 0 Å². The molecule has 0 aromatic carbocycles. The normalized spacial score (nSPS) is 12.8. The molecule has 0 aliphatic heterocycles. The predicted molar refractivity (Wildman–Crippen MR) is 140 cm³/mol. The lowest BCUT2D eigenvalue weighted by Gasteiger charge is -2.06. The van der Waals surface area contributed by atoms with E-state index >= 15 is 0 Å². The Morgan fingerprint density at radius 3 is 1.20 bits per heavy atom. The average Bonchev–Trinajstić information content (AvgIpc) is 2.75. The molecule has 0 radical (unpaired) electrons. The molecular formula is C30H60. The summed E-state index contributed by atoms with van der Waals surface area (Å²) in [6, 6.07) is 0. The van der Waals surface area contributed by atoms with E-state index in [2.05, 4.69) is 32.9 Å². The van der Waals surface area contributed by atoms with Crippen molar-refractivity contribution in [1.82, 2.24) is 0 Å². The number of unbranched alkanes of at least 4 members (excludes halogenated alkanes) is 20. The fourth-order valence-corrected chi connectivity index (χ4v) is 4.46. The fourth-order valence-electron chi connectivity index (χ4n) is 4.46. The highest BCUT2D eigenvalue weighted by Crippen LogP contribution is 2.15. The Bertz CT molecular complexity index is 316. The van der Waals surface area contributed by atoms with Crippen molar-refractivity contribution in [3.8, 4) is 0 Å². The molecule has 0 aliphatic rings. The molecule has 0 aromatic heterocycles. The van der Waals surface area contributed by atoms with Gasteiger partial charge in [0.2, 0.25) is 0 Å². The second kappa shape index (κ2) is 26.8. The number of hydrogen-bond acceptors (Lipinski definition) is 0. The van der Waals surface area contributed by atoms with Gasteiger partial charge in [0, 0.05) is 0 Å². The Hall–Kier alpha value is -0.260. The van der Waals surface area contributed by atoms with Crippen molar-refractivity contribution in [3.05, 3.63) is 12.2 Å². The number of rotatable bonds is 25. The molecular weight excluding hydrogens is 360 g/mol. The molecule has 0 amide bonds. The first-order chi connectivity index (χ1) is 14.8. The lowest BCUT2D eigenvalue weighted by atomic mass is 10.0. The standard InChI is InChI=1S/C30H60/c1-4-6-8-9-10-11-12-13-14-15-16-17-18-19-20-21-22-23-24-25-26-27-29-30(3)28-7-5-2/h26-27,30H,4-25,28-29H2,1-3H3/t30-/m1/s1. The topological polar surface area (TPSA) is 0 Å². The molecule has 0 aliphatic carbocycles. The first-order valence-corrected chi connectivity index (χ1v) is 14.5. The van der Waals surface area contributed by atoms with Crippen LogP contribution in [0.5, 0.6) is 0 Å². The van der Waals surface area contributed by atoms with Gasteiger partial charge >= 0.3 is 0 Å². The molecule has 0 nitrogen and oxygen atoms in total. The maximum atomic E-state index is 2.44. The third-order valence-electron chi connectivity index (χ3n) is 6.73. The van der Waals surface area contributed by atoms with Crippen molar-refractivity contribution in [3.63, 3.8) is 0 Å².